The van der Waals surface area contributed by atoms with Gasteiger partial charge in [0.25, 0.3) is 0 Å². The summed E-state index contributed by atoms with van der Waals surface area (Å²) in [6, 6.07) is 9.52. The Morgan fingerprint density at radius 2 is 2.08 bits per heavy atom. The van der Waals surface area contributed by atoms with Crippen molar-refractivity contribution in [3.8, 4) is 0 Å². The molecule has 0 fully saturated rings. The third-order valence-electron chi connectivity index (χ3n) is 1.64. The molecule has 0 spiro atoms. The normalized spacial score (nSPS) is 12.2. The zero-order valence-electron chi connectivity index (χ0n) is 7.53. The third kappa shape index (κ3) is 3.71. The van der Waals surface area contributed by atoms with Gasteiger partial charge in [-0.2, -0.15) is 0 Å². The van der Waals surface area contributed by atoms with E-state index in [1.807, 2.05) is 30.3 Å². The quantitative estimate of drug-likeness (QED) is 0.670. The summed E-state index contributed by atoms with van der Waals surface area (Å²) in [6.45, 7) is 1.38. The molecule has 1 aromatic carbocycles. The minimum atomic E-state index is -0.792. The Bertz CT molecular complexity index is 272. The second-order valence-electron chi connectivity index (χ2n) is 2.91. The summed E-state index contributed by atoms with van der Waals surface area (Å²) in [7, 11) is 0. The number of aliphatic hydroxyl groups is 1. The zero-order valence-corrected chi connectivity index (χ0v) is 7.53. The molecule has 1 atom stereocenters. The molecule has 1 aromatic rings. The molecule has 1 unspecified atom stereocenters. The Balaban J connectivity index is 2.45. The number of amides is 1. The lowest BCUT2D eigenvalue weighted by molar-refractivity contribution is -0.121. The number of aliphatic hydroxyl groups excluding tert-OH is 1. The molecule has 0 bridgehead atoms. The van der Waals surface area contributed by atoms with Crippen molar-refractivity contribution in [3.05, 3.63) is 35.9 Å². The van der Waals surface area contributed by atoms with Crippen LogP contribution in [-0.4, -0.2) is 17.2 Å². The van der Waals surface area contributed by atoms with Crippen LogP contribution in [-0.2, 0) is 11.2 Å². The lowest BCUT2D eigenvalue weighted by Gasteiger charge is -2.10. The Morgan fingerprint density at radius 1 is 1.46 bits per heavy atom. The van der Waals surface area contributed by atoms with E-state index in [-0.39, 0.29) is 5.91 Å². The fourth-order valence-corrected chi connectivity index (χ4v) is 1.12. The molecular formula is C10H13NO2. The summed E-state index contributed by atoms with van der Waals surface area (Å²) >= 11 is 0. The van der Waals surface area contributed by atoms with Crippen molar-refractivity contribution in [2.45, 2.75) is 19.6 Å². The highest BCUT2D eigenvalue weighted by Crippen LogP contribution is 2.01. The monoisotopic (exact) mass is 179 g/mol. The molecule has 0 saturated carbocycles. The van der Waals surface area contributed by atoms with Gasteiger partial charge in [0.05, 0.1) is 0 Å². The van der Waals surface area contributed by atoms with E-state index in [4.69, 9.17) is 0 Å². The fourth-order valence-electron chi connectivity index (χ4n) is 1.12. The number of hydrogen-bond acceptors (Lipinski definition) is 2. The summed E-state index contributed by atoms with van der Waals surface area (Å²) in [5, 5.41) is 11.7. The predicted molar refractivity (Wildman–Crippen MR) is 50.0 cm³/mol. The topological polar surface area (TPSA) is 49.3 Å². The molecule has 1 rings (SSSR count). The molecule has 70 valence electrons. The first kappa shape index (κ1) is 9.74. The third-order valence-corrected chi connectivity index (χ3v) is 1.64. The summed E-state index contributed by atoms with van der Waals surface area (Å²) in [6.07, 6.45) is -0.347. The number of nitrogens with one attached hydrogen (secondary N) is 1. The van der Waals surface area contributed by atoms with Crippen LogP contribution in [0.3, 0.4) is 0 Å². The van der Waals surface area contributed by atoms with Gasteiger partial charge in [0.2, 0.25) is 5.91 Å². The van der Waals surface area contributed by atoms with Crippen LogP contribution in [0.4, 0.5) is 0 Å². The number of carbonyl (C=O) groups excluding carboxylic acids is 1. The van der Waals surface area contributed by atoms with E-state index in [1.165, 1.54) is 6.92 Å². The van der Waals surface area contributed by atoms with E-state index < -0.39 is 6.23 Å². The maximum atomic E-state index is 10.6. The molecule has 0 aliphatic carbocycles. The minimum Gasteiger partial charge on any atom is -0.373 e. The summed E-state index contributed by atoms with van der Waals surface area (Å²) < 4.78 is 0. The molecule has 0 aliphatic heterocycles. The van der Waals surface area contributed by atoms with Crippen LogP contribution in [0, 0.1) is 0 Å². The molecule has 0 radical (unpaired) electrons. The Labute approximate surface area is 77.4 Å². The second kappa shape index (κ2) is 4.62. The van der Waals surface area contributed by atoms with Gasteiger partial charge in [-0.3, -0.25) is 4.79 Å². The highest BCUT2D eigenvalue weighted by molar-refractivity contribution is 5.72. The highest BCUT2D eigenvalue weighted by atomic mass is 16.3. The maximum absolute atomic E-state index is 10.6. The van der Waals surface area contributed by atoms with Gasteiger partial charge in [-0.15, -0.1) is 0 Å². The fraction of sp³-hybridized carbons (Fsp3) is 0.300. The van der Waals surface area contributed by atoms with E-state index >= 15 is 0 Å². The summed E-state index contributed by atoms with van der Waals surface area (Å²) in [4.78, 5) is 10.6. The molecule has 0 heterocycles. The van der Waals surface area contributed by atoms with Crippen LogP contribution in [0.5, 0.6) is 0 Å². The first-order valence-corrected chi connectivity index (χ1v) is 4.17. The molecular weight excluding hydrogens is 166 g/mol. The Kier molecular flexibility index (Phi) is 3.46. The maximum Gasteiger partial charge on any atom is 0.218 e. The molecule has 0 saturated heterocycles. The number of hydrogen-bond donors (Lipinski definition) is 2. The van der Waals surface area contributed by atoms with Crippen molar-refractivity contribution in [2.24, 2.45) is 0 Å². The zero-order chi connectivity index (χ0) is 9.68. The average Bonchev–Trinajstić information content (AvgIpc) is 2.04. The van der Waals surface area contributed by atoms with Gasteiger partial charge in [-0.05, 0) is 5.56 Å². The Hall–Kier alpha value is -1.35. The highest BCUT2D eigenvalue weighted by Gasteiger charge is 2.04. The molecule has 0 aliphatic rings. The molecule has 1 amide bonds. The second-order valence-corrected chi connectivity index (χ2v) is 2.91. The molecule has 2 N–H and O–H groups in total. The SMILES string of the molecule is CC(=O)NC(O)Cc1ccccc1. The number of carbonyl (C=O) groups is 1. The van der Waals surface area contributed by atoms with Crippen molar-refractivity contribution in [2.75, 3.05) is 0 Å². The summed E-state index contributed by atoms with van der Waals surface area (Å²) in [5.41, 5.74) is 1.00. The van der Waals surface area contributed by atoms with Crippen molar-refractivity contribution in [1.29, 1.82) is 0 Å². The lowest BCUT2D eigenvalue weighted by atomic mass is 10.1. The van der Waals surface area contributed by atoms with Crippen molar-refractivity contribution in [3.63, 3.8) is 0 Å². The lowest BCUT2D eigenvalue weighted by Crippen LogP contribution is -2.34. The van der Waals surface area contributed by atoms with Crippen LogP contribution in [0.1, 0.15) is 12.5 Å². The van der Waals surface area contributed by atoms with Crippen LogP contribution in [0.15, 0.2) is 30.3 Å². The molecule has 0 aromatic heterocycles. The molecule has 13 heavy (non-hydrogen) atoms. The molecule has 3 heteroatoms. The van der Waals surface area contributed by atoms with E-state index in [1.54, 1.807) is 0 Å². The smallest absolute Gasteiger partial charge is 0.218 e. The van der Waals surface area contributed by atoms with E-state index in [2.05, 4.69) is 5.32 Å². The molecule has 3 nitrogen and oxygen atoms in total. The standard InChI is InChI=1S/C10H13NO2/c1-8(12)11-10(13)7-9-5-3-2-4-6-9/h2-6,10,13H,7H2,1H3,(H,11,12). The predicted octanol–water partition coefficient (Wildman–Crippen LogP) is 0.684. The van der Waals surface area contributed by atoms with E-state index in [0.29, 0.717) is 6.42 Å². The largest absolute Gasteiger partial charge is 0.373 e. The van der Waals surface area contributed by atoms with Crippen molar-refractivity contribution in [1.82, 2.24) is 5.32 Å². The van der Waals surface area contributed by atoms with E-state index in [0.717, 1.165) is 5.56 Å². The van der Waals surface area contributed by atoms with Crippen LogP contribution in [0.2, 0.25) is 0 Å². The van der Waals surface area contributed by atoms with Gasteiger partial charge in [-0.25, -0.2) is 0 Å². The van der Waals surface area contributed by atoms with Gasteiger partial charge in [-0.1, -0.05) is 30.3 Å². The Morgan fingerprint density at radius 3 is 2.62 bits per heavy atom. The average molecular weight is 179 g/mol. The summed E-state index contributed by atoms with van der Waals surface area (Å²) in [5.74, 6) is -0.219. The van der Waals surface area contributed by atoms with Crippen molar-refractivity contribution < 1.29 is 9.90 Å². The van der Waals surface area contributed by atoms with Crippen LogP contribution < -0.4 is 5.32 Å². The van der Waals surface area contributed by atoms with Crippen molar-refractivity contribution >= 4 is 5.91 Å². The van der Waals surface area contributed by atoms with Gasteiger partial charge in [0, 0.05) is 13.3 Å². The first-order chi connectivity index (χ1) is 6.18. The van der Waals surface area contributed by atoms with Gasteiger partial charge in [0.15, 0.2) is 0 Å². The van der Waals surface area contributed by atoms with Crippen LogP contribution in [0.25, 0.3) is 0 Å². The van der Waals surface area contributed by atoms with Gasteiger partial charge < -0.3 is 10.4 Å². The van der Waals surface area contributed by atoms with Gasteiger partial charge in [0.1, 0.15) is 6.23 Å². The van der Waals surface area contributed by atoms with Crippen LogP contribution >= 0.6 is 0 Å². The number of benzene rings is 1. The van der Waals surface area contributed by atoms with Gasteiger partial charge >= 0.3 is 0 Å². The first-order valence-electron chi connectivity index (χ1n) is 4.17. The minimum absolute atomic E-state index is 0.219. The number of rotatable bonds is 3. The van der Waals surface area contributed by atoms with E-state index in [9.17, 15) is 9.90 Å².